The first kappa shape index (κ1) is 28.6. The summed E-state index contributed by atoms with van der Waals surface area (Å²) in [6, 6.07) is 18.4. The van der Waals surface area contributed by atoms with E-state index in [1.165, 1.54) is 0 Å². The summed E-state index contributed by atoms with van der Waals surface area (Å²) in [5.41, 5.74) is 0.770. The minimum absolute atomic E-state index is 0.117. The summed E-state index contributed by atoms with van der Waals surface area (Å²) < 4.78 is 11.4. The quantitative estimate of drug-likeness (QED) is 0.252. The van der Waals surface area contributed by atoms with Crippen molar-refractivity contribution in [1.29, 1.82) is 0 Å². The van der Waals surface area contributed by atoms with E-state index in [4.69, 9.17) is 9.47 Å². The molecular formula is C35H41BrO5. The zero-order valence-electron chi connectivity index (χ0n) is 24.3. The third-order valence-corrected chi connectivity index (χ3v) is 13.6. The molecule has 0 spiro atoms. The molecule has 0 bridgehead atoms. The zero-order chi connectivity index (χ0) is 29.0. The SMILES string of the molecule is C[C@H](OC(=O)c1ccccc1)[C@@H]1CC[C@@H]2[C@@H]3CC[C@@H]4C[C@H](OC(=O)c5ccccc5)CC[C@]4(C)[C@@]3(Br)C(=O)C[C@]21C. The molecule has 0 aliphatic heterocycles. The molecule has 5 nitrogen and oxygen atoms in total. The number of hydrogen-bond acceptors (Lipinski definition) is 5. The number of esters is 2. The van der Waals surface area contributed by atoms with Gasteiger partial charge in [-0.3, -0.25) is 4.79 Å². The number of rotatable bonds is 5. The van der Waals surface area contributed by atoms with Crippen LogP contribution in [0.4, 0.5) is 0 Å². The third kappa shape index (κ3) is 4.60. The number of carbonyl (C=O) groups excluding carboxylic acids is 3. The number of ketones is 1. The molecular weight excluding hydrogens is 580 g/mol. The lowest BCUT2D eigenvalue weighted by Crippen LogP contribution is -2.67. The van der Waals surface area contributed by atoms with Gasteiger partial charge in [-0.05, 0) is 105 Å². The third-order valence-electron chi connectivity index (χ3n) is 11.7. The van der Waals surface area contributed by atoms with Crippen LogP contribution in [0.25, 0.3) is 0 Å². The van der Waals surface area contributed by atoms with Gasteiger partial charge < -0.3 is 9.47 Å². The van der Waals surface area contributed by atoms with Crippen molar-refractivity contribution in [3.05, 3.63) is 71.8 Å². The largest absolute Gasteiger partial charge is 0.459 e. The number of hydrogen-bond donors (Lipinski definition) is 0. The summed E-state index contributed by atoms with van der Waals surface area (Å²) in [4.78, 5) is 40.0. The van der Waals surface area contributed by atoms with Gasteiger partial charge in [0.15, 0.2) is 5.78 Å². The first-order valence-electron chi connectivity index (χ1n) is 15.3. The van der Waals surface area contributed by atoms with Gasteiger partial charge in [0.2, 0.25) is 0 Å². The van der Waals surface area contributed by atoms with E-state index in [1.807, 2.05) is 43.3 Å². The van der Waals surface area contributed by atoms with Crippen LogP contribution in [0.5, 0.6) is 0 Å². The molecule has 0 radical (unpaired) electrons. The summed E-state index contributed by atoms with van der Waals surface area (Å²) >= 11 is 4.19. The molecule has 9 atom stereocenters. The van der Waals surface area contributed by atoms with Crippen LogP contribution >= 0.6 is 15.9 Å². The predicted molar refractivity (Wildman–Crippen MR) is 161 cm³/mol. The number of fused-ring (bicyclic) bond motifs is 5. The van der Waals surface area contributed by atoms with Crippen LogP contribution in [0.2, 0.25) is 0 Å². The molecule has 6 heteroatoms. The standard InChI is InChI=1S/C35H41BrO5/c1-22(40-31(38)23-10-6-4-7-11-23)27-16-17-28-29-15-14-25-20-26(41-32(39)24-12-8-5-9-13-24)18-19-34(25,3)35(29,36)30(37)21-33(27,28)2/h4-13,22,25-29H,14-21H2,1-3H3/t22-,25+,26+,27-,28+,29-,33-,34-,35-/m0/s1. The van der Waals surface area contributed by atoms with Crippen LogP contribution in [0.1, 0.15) is 92.9 Å². The van der Waals surface area contributed by atoms with E-state index >= 15 is 0 Å². The Balaban J connectivity index is 1.18. The maximum atomic E-state index is 14.4. The van der Waals surface area contributed by atoms with Crippen molar-refractivity contribution in [3.63, 3.8) is 0 Å². The first-order chi connectivity index (χ1) is 19.6. The summed E-state index contributed by atoms with van der Waals surface area (Å²) in [5, 5.41) is 0. The normalized spacial score (nSPS) is 38.6. The topological polar surface area (TPSA) is 69.7 Å². The zero-order valence-corrected chi connectivity index (χ0v) is 25.9. The molecule has 0 heterocycles. The van der Waals surface area contributed by atoms with Crippen molar-refractivity contribution in [2.75, 3.05) is 0 Å². The number of alkyl halides is 1. The van der Waals surface area contributed by atoms with E-state index in [2.05, 4.69) is 29.8 Å². The Hall–Kier alpha value is -2.47. The second kappa shape index (κ2) is 10.7. The van der Waals surface area contributed by atoms with E-state index in [9.17, 15) is 14.4 Å². The Morgan fingerprint density at radius 3 is 2.12 bits per heavy atom. The van der Waals surface area contributed by atoms with Crippen molar-refractivity contribution in [1.82, 2.24) is 0 Å². The van der Waals surface area contributed by atoms with Crippen molar-refractivity contribution in [2.45, 2.75) is 88.7 Å². The van der Waals surface area contributed by atoms with Gasteiger partial charge in [0, 0.05) is 12.3 Å². The molecule has 2 aromatic rings. The first-order valence-corrected chi connectivity index (χ1v) is 16.1. The number of benzene rings is 2. The van der Waals surface area contributed by atoms with Crippen molar-refractivity contribution in [2.24, 2.45) is 34.5 Å². The summed E-state index contributed by atoms with van der Waals surface area (Å²) in [6.07, 6.45) is 6.62. The smallest absolute Gasteiger partial charge is 0.338 e. The molecule has 2 aromatic carbocycles. The summed E-state index contributed by atoms with van der Waals surface area (Å²) in [7, 11) is 0. The lowest BCUT2D eigenvalue weighted by molar-refractivity contribution is -0.154. The van der Waals surface area contributed by atoms with Crippen LogP contribution in [0.3, 0.4) is 0 Å². The second-order valence-electron chi connectivity index (χ2n) is 13.6. The van der Waals surface area contributed by atoms with Gasteiger partial charge in [-0.2, -0.15) is 0 Å². The van der Waals surface area contributed by atoms with Crippen LogP contribution < -0.4 is 0 Å². The van der Waals surface area contributed by atoms with Crippen LogP contribution in [0.15, 0.2) is 60.7 Å². The highest BCUT2D eigenvalue weighted by Gasteiger charge is 2.70. The highest BCUT2D eigenvalue weighted by atomic mass is 79.9. The minimum Gasteiger partial charge on any atom is -0.459 e. The van der Waals surface area contributed by atoms with E-state index in [0.717, 1.165) is 44.9 Å². The van der Waals surface area contributed by atoms with Crippen LogP contribution in [-0.2, 0) is 14.3 Å². The van der Waals surface area contributed by atoms with Gasteiger partial charge in [-0.1, -0.05) is 66.2 Å². The average Bonchev–Trinajstić information content (AvgIpc) is 3.31. The van der Waals surface area contributed by atoms with Crippen molar-refractivity contribution in [3.8, 4) is 0 Å². The molecule has 4 saturated carbocycles. The maximum absolute atomic E-state index is 14.4. The lowest BCUT2D eigenvalue weighted by atomic mass is 9.44. The molecule has 4 fully saturated rings. The second-order valence-corrected chi connectivity index (χ2v) is 14.8. The molecule has 0 unspecified atom stereocenters. The highest BCUT2D eigenvalue weighted by molar-refractivity contribution is 9.10. The Labute approximate surface area is 251 Å². The number of ether oxygens (including phenoxy) is 2. The van der Waals surface area contributed by atoms with E-state index < -0.39 is 4.32 Å². The highest BCUT2D eigenvalue weighted by Crippen LogP contribution is 2.71. The molecule has 0 aromatic heterocycles. The lowest BCUT2D eigenvalue weighted by Gasteiger charge is -2.64. The molecule has 0 amide bonds. The van der Waals surface area contributed by atoms with Gasteiger partial charge >= 0.3 is 11.9 Å². The summed E-state index contributed by atoms with van der Waals surface area (Å²) in [5.74, 6) is 0.873. The maximum Gasteiger partial charge on any atom is 0.338 e. The average molecular weight is 622 g/mol. The Morgan fingerprint density at radius 1 is 0.854 bits per heavy atom. The van der Waals surface area contributed by atoms with Gasteiger partial charge in [0.1, 0.15) is 12.2 Å². The van der Waals surface area contributed by atoms with Crippen molar-refractivity contribution < 1.29 is 23.9 Å². The predicted octanol–water partition coefficient (Wildman–Crippen LogP) is 7.81. The van der Waals surface area contributed by atoms with Crippen LogP contribution in [0, 0.1) is 34.5 Å². The van der Waals surface area contributed by atoms with Gasteiger partial charge in [-0.15, -0.1) is 0 Å². The molecule has 41 heavy (non-hydrogen) atoms. The monoisotopic (exact) mass is 620 g/mol. The number of carbonyl (C=O) groups is 3. The molecule has 4 aliphatic carbocycles. The fourth-order valence-electron chi connectivity index (χ4n) is 9.54. The molecule has 218 valence electrons. The minimum atomic E-state index is -0.569. The molecule has 0 N–H and O–H groups in total. The Kier molecular flexibility index (Phi) is 7.45. The van der Waals surface area contributed by atoms with E-state index in [0.29, 0.717) is 35.2 Å². The number of Topliss-reactive ketones (excluding diaryl/α,β-unsaturated/α-hetero) is 1. The number of halogens is 1. The summed E-state index contributed by atoms with van der Waals surface area (Å²) in [6.45, 7) is 6.60. The van der Waals surface area contributed by atoms with Gasteiger partial charge in [0.25, 0.3) is 0 Å². The van der Waals surface area contributed by atoms with Crippen LogP contribution in [-0.4, -0.2) is 34.3 Å². The van der Waals surface area contributed by atoms with Crippen molar-refractivity contribution >= 4 is 33.7 Å². The fraction of sp³-hybridized carbons (Fsp3) is 0.571. The Morgan fingerprint density at radius 2 is 1.46 bits per heavy atom. The molecule has 4 aliphatic rings. The van der Waals surface area contributed by atoms with Gasteiger partial charge in [0.05, 0.1) is 15.5 Å². The van der Waals surface area contributed by atoms with E-state index in [-0.39, 0.29) is 46.8 Å². The van der Waals surface area contributed by atoms with E-state index in [1.54, 1.807) is 24.3 Å². The van der Waals surface area contributed by atoms with Gasteiger partial charge in [-0.25, -0.2) is 9.59 Å². The Bertz CT molecular complexity index is 1310. The molecule has 6 rings (SSSR count). The fourth-order valence-corrected chi connectivity index (χ4v) is 10.7. The molecule has 0 saturated heterocycles.